The van der Waals surface area contributed by atoms with E-state index in [4.69, 9.17) is 21.1 Å². The Labute approximate surface area is 174 Å². The van der Waals surface area contributed by atoms with Crippen molar-refractivity contribution in [2.45, 2.75) is 13.8 Å². The van der Waals surface area contributed by atoms with Gasteiger partial charge in [0.05, 0.1) is 10.6 Å². The molecule has 148 valence electrons. The molecule has 0 aliphatic heterocycles. The molecule has 0 radical (unpaired) electrons. The lowest BCUT2D eigenvalue weighted by molar-refractivity contribution is -0.136. The number of halogens is 1. The molecule has 5 nitrogen and oxygen atoms in total. The van der Waals surface area contributed by atoms with Gasteiger partial charge in [0.2, 0.25) is 0 Å². The third-order valence-corrected chi connectivity index (χ3v) is 4.61. The second kappa shape index (κ2) is 9.26. The van der Waals surface area contributed by atoms with Gasteiger partial charge < -0.3 is 14.8 Å². The van der Waals surface area contributed by atoms with E-state index < -0.39 is 5.97 Å². The predicted molar refractivity (Wildman–Crippen MR) is 113 cm³/mol. The molecule has 0 bridgehead atoms. The number of carbonyl (C=O) groups is 2. The zero-order chi connectivity index (χ0) is 20.8. The van der Waals surface area contributed by atoms with Crippen molar-refractivity contribution in [3.8, 4) is 11.5 Å². The molecule has 0 heterocycles. The summed E-state index contributed by atoms with van der Waals surface area (Å²) in [6.45, 7) is 3.76. The second-order valence-corrected chi connectivity index (χ2v) is 6.88. The van der Waals surface area contributed by atoms with Gasteiger partial charge in [-0.2, -0.15) is 0 Å². The highest BCUT2D eigenvalue weighted by atomic mass is 35.5. The summed E-state index contributed by atoms with van der Waals surface area (Å²) in [5, 5.41) is 3.09. The van der Waals surface area contributed by atoms with Gasteiger partial charge in [0, 0.05) is 11.8 Å². The normalized spacial score (nSPS) is 10.3. The number of hydrogen-bond donors (Lipinski definition) is 1. The third-order valence-electron chi connectivity index (χ3n) is 4.28. The van der Waals surface area contributed by atoms with E-state index in [1.165, 1.54) is 0 Å². The lowest BCUT2D eigenvalue weighted by atomic mass is 10.1. The van der Waals surface area contributed by atoms with E-state index >= 15 is 0 Å². The second-order valence-electron chi connectivity index (χ2n) is 6.47. The molecule has 3 aromatic rings. The molecule has 0 spiro atoms. The molecule has 6 heteroatoms. The molecule has 0 saturated heterocycles. The average molecular weight is 410 g/mol. The van der Waals surface area contributed by atoms with Crippen LogP contribution < -0.4 is 14.8 Å². The average Bonchev–Trinajstić information content (AvgIpc) is 2.69. The maximum atomic E-state index is 12.4. The van der Waals surface area contributed by atoms with Gasteiger partial charge in [-0.1, -0.05) is 35.9 Å². The number of nitrogens with one attached hydrogen (secondary N) is 1. The van der Waals surface area contributed by atoms with Crippen LogP contribution in [-0.2, 0) is 4.79 Å². The number of benzene rings is 3. The first-order valence-corrected chi connectivity index (χ1v) is 9.37. The lowest BCUT2D eigenvalue weighted by Crippen LogP contribution is -2.18. The molecule has 1 N–H and O–H groups in total. The largest absolute Gasteiger partial charge is 0.482 e. The Hall–Kier alpha value is -3.31. The first kappa shape index (κ1) is 20.4. The molecule has 0 unspecified atom stereocenters. The monoisotopic (exact) mass is 409 g/mol. The summed E-state index contributed by atoms with van der Waals surface area (Å²) in [4.78, 5) is 24.4. The van der Waals surface area contributed by atoms with Gasteiger partial charge in [-0.3, -0.25) is 4.79 Å². The van der Waals surface area contributed by atoms with E-state index in [0.29, 0.717) is 27.8 Å². The molecule has 0 fully saturated rings. The molecule has 3 rings (SSSR count). The minimum Gasteiger partial charge on any atom is -0.482 e. The highest BCUT2D eigenvalue weighted by Gasteiger charge is 2.11. The van der Waals surface area contributed by atoms with E-state index in [9.17, 15) is 9.59 Å². The van der Waals surface area contributed by atoms with Crippen LogP contribution in [0.25, 0.3) is 0 Å². The summed E-state index contributed by atoms with van der Waals surface area (Å²) in [6, 6.07) is 18.9. The Morgan fingerprint density at radius 3 is 2.45 bits per heavy atom. The quantitative estimate of drug-likeness (QED) is 0.449. The highest BCUT2D eigenvalue weighted by Crippen LogP contribution is 2.21. The van der Waals surface area contributed by atoms with Crippen LogP contribution in [0.4, 0.5) is 5.69 Å². The fraction of sp³-hybridized carbons (Fsp3) is 0.130. The molecule has 3 aromatic carbocycles. The van der Waals surface area contributed by atoms with Crippen molar-refractivity contribution in [2.24, 2.45) is 0 Å². The van der Waals surface area contributed by atoms with Crippen molar-refractivity contribution in [1.29, 1.82) is 0 Å². The molecular formula is C23H20ClNO4. The van der Waals surface area contributed by atoms with Crippen molar-refractivity contribution < 1.29 is 19.1 Å². The summed E-state index contributed by atoms with van der Waals surface area (Å²) >= 11 is 6.04. The van der Waals surface area contributed by atoms with Crippen LogP contribution in [0.5, 0.6) is 11.5 Å². The lowest BCUT2D eigenvalue weighted by Gasteiger charge is -2.10. The molecule has 0 aliphatic carbocycles. The summed E-state index contributed by atoms with van der Waals surface area (Å²) in [5.74, 6) is 0.0106. The maximum absolute atomic E-state index is 12.4. The minimum absolute atomic E-state index is 0.224. The molecule has 0 aromatic heterocycles. The highest BCUT2D eigenvalue weighted by molar-refractivity contribution is 6.34. The van der Waals surface area contributed by atoms with E-state index in [2.05, 4.69) is 5.32 Å². The molecule has 1 amide bonds. The van der Waals surface area contributed by atoms with Gasteiger partial charge in [-0.05, 0) is 61.4 Å². The topological polar surface area (TPSA) is 64.6 Å². The SMILES string of the molecule is Cc1ccc(OCC(=O)Oc2cccc(NC(=O)c3ccccc3Cl)c2)cc1C. The van der Waals surface area contributed by atoms with E-state index in [1.54, 1.807) is 54.6 Å². The van der Waals surface area contributed by atoms with Gasteiger partial charge in [-0.25, -0.2) is 4.79 Å². The number of hydrogen-bond acceptors (Lipinski definition) is 4. The van der Waals surface area contributed by atoms with Crippen LogP contribution >= 0.6 is 11.6 Å². The van der Waals surface area contributed by atoms with E-state index in [0.717, 1.165) is 11.1 Å². The summed E-state index contributed by atoms with van der Waals surface area (Å²) in [6.07, 6.45) is 0. The predicted octanol–water partition coefficient (Wildman–Crippen LogP) is 5.19. The zero-order valence-electron chi connectivity index (χ0n) is 16.1. The Bertz CT molecular complexity index is 1050. The fourth-order valence-corrected chi connectivity index (χ4v) is 2.81. The summed E-state index contributed by atoms with van der Waals surface area (Å²) in [5.41, 5.74) is 3.07. The van der Waals surface area contributed by atoms with Gasteiger partial charge in [0.1, 0.15) is 11.5 Å². The molecular weight excluding hydrogens is 390 g/mol. The molecule has 29 heavy (non-hydrogen) atoms. The van der Waals surface area contributed by atoms with Crippen LogP contribution in [0.15, 0.2) is 66.7 Å². The number of esters is 1. The Morgan fingerprint density at radius 2 is 1.69 bits per heavy atom. The van der Waals surface area contributed by atoms with E-state index in [1.807, 2.05) is 26.0 Å². The third kappa shape index (κ3) is 5.59. The smallest absolute Gasteiger partial charge is 0.349 e. The van der Waals surface area contributed by atoms with E-state index in [-0.39, 0.29) is 12.5 Å². The standard InChI is InChI=1S/C23H20ClNO4/c1-15-10-11-18(12-16(15)2)28-14-22(26)29-19-7-5-6-17(13-19)25-23(27)20-8-3-4-9-21(20)24/h3-13H,14H2,1-2H3,(H,25,27). The van der Waals surface area contributed by atoms with Gasteiger partial charge >= 0.3 is 5.97 Å². The fourth-order valence-electron chi connectivity index (χ4n) is 2.59. The van der Waals surface area contributed by atoms with Crippen LogP contribution in [0.3, 0.4) is 0 Å². The number of carbonyl (C=O) groups excluding carboxylic acids is 2. The number of aryl methyl sites for hydroxylation is 2. The van der Waals surface area contributed by atoms with Crippen LogP contribution in [0.1, 0.15) is 21.5 Å². The van der Waals surface area contributed by atoms with Gasteiger partial charge in [0.15, 0.2) is 6.61 Å². The Morgan fingerprint density at radius 1 is 0.897 bits per heavy atom. The van der Waals surface area contributed by atoms with Gasteiger partial charge in [-0.15, -0.1) is 0 Å². The van der Waals surface area contributed by atoms with Crippen LogP contribution in [0, 0.1) is 13.8 Å². The maximum Gasteiger partial charge on any atom is 0.349 e. The van der Waals surface area contributed by atoms with Crippen molar-refractivity contribution >= 4 is 29.2 Å². The number of rotatable bonds is 6. The van der Waals surface area contributed by atoms with Crippen LogP contribution in [-0.4, -0.2) is 18.5 Å². The summed E-state index contributed by atoms with van der Waals surface area (Å²) < 4.78 is 10.8. The Balaban J connectivity index is 1.59. The number of anilines is 1. The van der Waals surface area contributed by atoms with Crippen molar-refractivity contribution in [2.75, 3.05) is 11.9 Å². The van der Waals surface area contributed by atoms with Crippen molar-refractivity contribution in [3.05, 3.63) is 88.4 Å². The van der Waals surface area contributed by atoms with Gasteiger partial charge in [0.25, 0.3) is 5.91 Å². The minimum atomic E-state index is -0.544. The van der Waals surface area contributed by atoms with Crippen LogP contribution in [0.2, 0.25) is 5.02 Å². The molecule has 0 saturated carbocycles. The Kier molecular flexibility index (Phi) is 6.52. The zero-order valence-corrected chi connectivity index (χ0v) is 16.8. The molecule has 0 aliphatic rings. The number of amides is 1. The van der Waals surface area contributed by atoms with Crippen molar-refractivity contribution in [3.63, 3.8) is 0 Å². The van der Waals surface area contributed by atoms with Crippen molar-refractivity contribution in [1.82, 2.24) is 0 Å². The first-order valence-electron chi connectivity index (χ1n) is 8.99. The summed E-state index contributed by atoms with van der Waals surface area (Å²) in [7, 11) is 0. The molecule has 0 atom stereocenters. The first-order chi connectivity index (χ1) is 13.9. The number of ether oxygens (including phenoxy) is 2.